The fraction of sp³-hybridized carbons (Fsp3) is 0.250. The summed E-state index contributed by atoms with van der Waals surface area (Å²) in [6.45, 7) is 1.40. The molecule has 0 unspecified atom stereocenters. The average molecular weight is 380 g/mol. The molecule has 0 aliphatic carbocycles. The van der Waals surface area contributed by atoms with Crippen molar-refractivity contribution in [1.82, 2.24) is 14.5 Å². The Bertz CT molecular complexity index is 931. The van der Waals surface area contributed by atoms with Gasteiger partial charge in [-0.15, -0.1) is 11.3 Å². The van der Waals surface area contributed by atoms with Gasteiger partial charge in [-0.1, -0.05) is 0 Å². The van der Waals surface area contributed by atoms with Crippen LogP contribution in [0.1, 0.15) is 23.3 Å². The molecule has 1 aliphatic heterocycles. The summed E-state index contributed by atoms with van der Waals surface area (Å²) in [6.07, 6.45) is 6.63. The highest BCUT2D eigenvalue weighted by Crippen LogP contribution is 2.24. The fourth-order valence-electron chi connectivity index (χ4n) is 3.19. The maximum atomic E-state index is 12.4. The summed E-state index contributed by atoms with van der Waals surface area (Å²) in [5, 5.41) is 4.92. The molecule has 2 aromatic heterocycles. The van der Waals surface area contributed by atoms with Crippen molar-refractivity contribution >= 4 is 28.8 Å². The number of anilines is 1. The molecule has 1 aromatic carbocycles. The molecular formula is C20H20N4O2S. The Balaban J connectivity index is 1.26. The molecule has 0 saturated carbocycles. The number of aromatic nitrogens is 2. The predicted octanol–water partition coefficient (Wildman–Crippen LogP) is 3.24. The quantitative estimate of drug-likeness (QED) is 0.739. The van der Waals surface area contributed by atoms with E-state index in [4.69, 9.17) is 0 Å². The number of imidazole rings is 1. The van der Waals surface area contributed by atoms with Crippen molar-refractivity contribution in [2.24, 2.45) is 0 Å². The van der Waals surface area contributed by atoms with Gasteiger partial charge in [0.2, 0.25) is 11.8 Å². The zero-order valence-electron chi connectivity index (χ0n) is 14.8. The number of amides is 2. The molecule has 7 heteroatoms. The Kier molecular flexibility index (Phi) is 5.02. The molecule has 0 radical (unpaired) electrons. The van der Waals surface area contributed by atoms with Crippen molar-refractivity contribution < 1.29 is 9.59 Å². The lowest BCUT2D eigenvalue weighted by molar-refractivity contribution is -0.133. The number of fused-ring (bicyclic) bond motifs is 1. The summed E-state index contributed by atoms with van der Waals surface area (Å²) in [6, 6.07) is 9.60. The molecule has 3 heterocycles. The van der Waals surface area contributed by atoms with Crippen molar-refractivity contribution in [3.05, 3.63) is 64.9 Å². The summed E-state index contributed by atoms with van der Waals surface area (Å²) in [5.74, 6) is -0.107. The van der Waals surface area contributed by atoms with Crippen molar-refractivity contribution in [3.8, 4) is 5.69 Å². The van der Waals surface area contributed by atoms with Crippen LogP contribution in [0.15, 0.2) is 54.4 Å². The third-order valence-corrected chi connectivity index (χ3v) is 5.70. The highest BCUT2D eigenvalue weighted by atomic mass is 32.1. The molecule has 0 atom stereocenters. The summed E-state index contributed by atoms with van der Waals surface area (Å²) in [5.41, 5.74) is 2.93. The molecule has 1 N–H and O–H groups in total. The van der Waals surface area contributed by atoms with Crippen LogP contribution < -0.4 is 5.32 Å². The summed E-state index contributed by atoms with van der Waals surface area (Å²) in [7, 11) is 0. The van der Waals surface area contributed by atoms with Gasteiger partial charge in [-0.25, -0.2) is 4.98 Å². The van der Waals surface area contributed by atoms with Crippen LogP contribution in [-0.2, 0) is 22.6 Å². The van der Waals surface area contributed by atoms with Gasteiger partial charge in [0.25, 0.3) is 0 Å². The standard InChI is InChI=1S/C20H20N4O2S/c25-19(22-16-1-3-17(4-2-16)24-11-9-21-14-24)5-6-20(26)23-10-7-18-15(13-23)8-12-27-18/h1-4,8-9,11-12,14H,5-7,10,13H2,(H,22,25). The lowest BCUT2D eigenvalue weighted by Crippen LogP contribution is -2.35. The van der Waals surface area contributed by atoms with E-state index in [0.717, 1.165) is 24.3 Å². The van der Waals surface area contributed by atoms with E-state index in [1.54, 1.807) is 23.9 Å². The minimum Gasteiger partial charge on any atom is -0.338 e. The topological polar surface area (TPSA) is 67.2 Å². The van der Waals surface area contributed by atoms with E-state index in [-0.39, 0.29) is 24.7 Å². The van der Waals surface area contributed by atoms with E-state index in [0.29, 0.717) is 6.54 Å². The summed E-state index contributed by atoms with van der Waals surface area (Å²) >= 11 is 1.75. The van der Waals surface area contributed by atoms with Crippen LogP contribution >= 0.6 is 11.3 Å². The number of benzene rings is 1. The van der Waals surface area contributed by atoms with Gasteiger partial charge in [0.15, 0.2) is 0 Å². The summed E-state index contributed by atoms with van der Waals surface area (Å²) in [4.78, 5) is 31.8. The van der Waals surface area contributed by atoms with Gasteiger partial charge < -0.3 is 14.8 Å². The van der Waals surface area contributed by atoms with E-state index in [2.05, 4.69) is 21.7 Å². The van der Waals surface area contributed by atoms with Crippen molar-refractivity contribution in [2.75, 3.05) is 11.9 Å². The lowest BCUT2D eigenvalue weighted by Gasteiger charge is -2.27. The SMILES string of the molecule is O=C(CCC(=O)N1CCc2sccc2C1)Nc1ccc(-n2ccnc2)cc1. The molecular weight excluding hydrogens is 360 g/mol. The first kappa shape index (κ1) is 17.5. The number of hydrogen-bond donors (Lipinski definition) is 1. The van der Waals surface area contributed by atoms with Crippen molar-refractivity contribution in [2.45, 2.75) is 25.8 Å². The zero-order chi connectivity index (χ0) is 18.6. The van der Waals surface area contributed by atoms with Crippen molar-refractivity contribution in [3.63, 3.8) is 0 Å². The second-order valence-corrected chi connectivity index (χ2v) is 7.50. The highest BCUT2D eigenvalue weighted by molar-refractivity contribution is 7.10. The number of carbonyl (C=O) groups is 2. The fourth-order valence-corrected chi connectivity index (χ4v) is 4.08. The Labute approximate surface area is 161 Å². The van der Waals surface area contributed by atoms with E-state index in [9.17, 15) is 9.59 Å². The van der Waals surface area contributed by atoms with Crippen LogP contribution in [0, 0.1) is 0 Å². The molecule has 4 rings (SSSR count). The van der Waals surface area contributed by atoms with Crippen molar-refractivity contribution in [1.29, 1.82) is 0 Å². The minimum absolute atomic E-state index is 0.0393. The van der Waals surface area contributed by atoms with Crippen LogP contribution in [0.3, 0.4) is 0 Å². The molecule has 27 heavy (non-hydrogen) atoms. The molecule has 138 valence electrons. The molecule has 6 nitrogen and oxygen atoms in total. The normalized spacial score (nSPS) is 13.3. The number of nitrogens with one attached hydrogen (secondary N) is 1. The van der Waals surface area contributed by atoms with Gasteiger partial charge >= 0.3 is 0 Å². The second-order valence-electron chi connectivity index (χ2n) is 6.50. The van der Waals surface area contributed by atoms with Crippen LogP contribution in [0.4, 0.5) is 5.69 Å². The average Bonchev–Trinajstić information content (AvgIpc) is 3.38. The maximum absolute atomic E-state index is 12.4. The Hall–Kier alpha value is -2.93. The molecule has 1 aliphatic rings. The monoisotopic (exact) mass is 380 g/mol. The molecule has 0 fully saturated rings. The largest absolute Gasteiger partial charge is 0.338 e. The first-order valence-electron chi connectivity index (χ1n) is 8.90. The first-order chi connectivity index (χ1) is 13.2. The molecule has 2 amide bonds. The molecule has 0 spiro atoms. The Morgan fingerprint density at radius 1 is 1.15 bits per heavy atom. The van der Waals surface area contributed by atoms with E-state index < -0.39 is 0 Å². The second kappa shape index (κ2) is 7.75. The molecule has 3 aromatic rings. The zero-order valence-corrected chi connectivity index (χ0v) is 15.6. The van der Waals surface area contributed by atoms with Crippen LogP contribution in [-0.4, -0.2) is 32.8 Å². The third-order valence-electron chi connectivity index (χ3n) is 4.68. The van der Waals surface area contributed by atoms with Gasteiger partial charge in [0.1, 0.15) is 0 Å². The number of thiophene rings is 1. The van der Waals surface area contributed by atoms with Gasteiger partial charge in [0.05, 0.1) is 6.33 Å². The van der Waals surface area contributed by atoms with Crippen LogP contribution in [0.5, 0.6) is 0 Å². The smallest absolute Gasteiger partial charge is 0.224 e. The van der Waals surface area contributed by atoms with Crippen LogP contribution in [0.25, 0.3) is 5.69 Å². The first-order valence-corrected chi connectivity index (χ1v) is 9.78. The molecule has 0 saturated heterocycles. The van der Waals surface area contributed by atoms with Gasteiger partial charge in [0, 0.05) is 54.6 Å². The van der Waals surface area contributed by atoms with E-state index >= 15 is 0 Å². The van der Waals surface area contributed by atoms with Crippen LogP contribution in [0.2, 0.25) is 0 Å². The predicted molar refractivity (Wildman–Crippen MR) is 105 cm³/mol. The highest BCUT2D eigenvalue weighted by Gasteiger charge is 2.21. The maximum Gasteiger partial charge on any atom is 0.224 e. The van der Waals surface area contributed by atoms with Gasteiger partial charge in [-0.2, -0.15) is 0 Å². The number of nitrogens with zero attached hydrogens (tertiary/aromatic N) is 3. The van der Waals surface area contributed by atoms with E-state index in [1.165, 1.54) is 10.4 Å². The molecule has 0 bridgehead atoms. The Morgan fingerprint density at radius 2 is 2.00 bits per heavy atom. The Morgan fingerprint density at radius 3 is 2.78 bits per heavy atom. The lowest BCUT2D eigenvalue weighted by atomic mass is 10.1. The summed E-state index contributed by atoms with van der Waals surface area (Å²) < 4.78 is 1.89. The third kappa shape index (κ3) is 4.09. The number of carbonyl (C=O) groups excluding carboxylic acids is 2. The number of rotatable bonds is 5. The van der Waals surface area contributed by atoms with Gasteiger partial charge in [-0.05, 0) is 47.7 Å². The van der Waals surface area contributed by atoms with E-state index in [1.807, 2.05) is 39.9 Å². The van der Waals surface area contributed by atoms with Gasteiger partial charge in [-0.3, -0.25) is 9.59 Å². The minimum atomic E-state index is -0.146. The number of hydrogen-bond acceptors (Lipinski definition) is 4.